The summed E-state index contributed by atoms with van der Waals surface area (Å²) in [6, 6.07) is 9.53. The maximum absolute atomic E-state index is 6.35. The molecule has 7 nitrogen and oxygen atoms in total. The highest BCUT2D eigenvalue weighted by Crippen LogP contribution is 2.31. The van der Waals surface area contributed by atoms with Gasteiger partial charge in [-0.1, -0.05) is 23.2 Å². The van der Waals surface area contributed by atoms with Gasteiger partial charge >= 0.3 is 0 Å². The van der Waals surface area contributed by atoms with Gasteiger partial charge in [0.15, 0.2) is 0 Å². The number of hydrogen-bond acceptors (Lipinski definition) is 6. The van der Waals surface area contributed by atoms with E-state index in [2.05, 4.69) is 20.2 Å². The second-order valence-electron chi connectivity index (χ2n) is 7.54. The summed E-state index contributed by atoms with van der Waals surface area (Å²) in [5.74, 6) is 1.26. The lowest BCUT2D eigenvalue weighted by Gasteiger charge is -2.11. The summed E-state index contributed by atoms with van der Waals surface area (Å²) in [4.78, 5) is 8.59. The van der Waals surface area contributed by atoms with Crippen molar-refractivity contribution in [1.82, 2.24) is 20.2 Å². The summed E-state index contributed by atoms with van der Waals surface area (Å²) < 4.78 is 17.2. The molecule has 0 saturated carbocycles. The van der Waals surface area contributed by atoms with Crippen molar-refractivity contribution in [3.8, 4) is 22.9 Å². The van der Waals surface area contributed by atoms with Gasteiger partial charge in [-0.05, 0) is 31.2 Å². The number of pyridine rings is 2. The first-order valence-electron chi connectivity index (χ1n) is 10.2. The van der Waals surface area contributed by atoms with Gasteiger partial charge in [0.05, 0.1) is 34.5 Å². The quantitative estimate of drug-likeness (QED) is 0.407. The first-order valence-corrected chi connectivity index (χ1v) is 11.0. The van der Waals surface area contributed by atoms with Crippen LogP contribution >= 0.6 is 23.2 Å². The van der Waals surface area contributed by atoms with Crippen LogP contribution in [0.1, 0.15) is 17.7 Å². The molecule has 32 heavy (non-hydrogen) atoms. The number of aromatic nitrogens is 4. The zero-order chi connectivity index (χ0) is 22.1. The smallest absolute Gasteiger partial charge is 0.213 e. The van der Waals surface area contributed by atoms with Crippen LogP contribution in [0.3, 0.4) is 0 Å². The van der Waals surface area contributed by atoms with Crippen LogP contribution < -0.4 is 9.47 Å². The van der Waals surface area contributed by atoms with Crippen molar-refractivity contribution in [2.24, 2.45) is 0 Å². The van der Waals surface area contributed by atoms with Gasteiger partial charge in [-0.25, -0.2) is 4.98 Å². The zero-order valence-corrected chi connectivity index (χ0v) is 18.8. The first-order chi connectivity index (χ1) is 15.6. The highest BCUT2D eigenvalue weighted by molar-refractivity contribution is 6.36. The third-order valence-corrected chi connectivity index (χ3v) is 6.17. The Morgan fingerprint density at radius 2 is 2.06 bits per heavy atom. The maximum atomic E-state index is 6.35. The minimum absolute atomic E-state index is 0.0606. The number of nitrogens with zero attached hydrogens (tertiary/aromatic N) is 3. The number of hydrogen-bond donors (Lipinski definition) is 1. The maximum Gasteiger partial charge on any atom is 0.213 e. The van der Waals surface area contributed by atoms with Gasteiger partial charge in [0.2, 0.25) is 5.88 Å². The normalized spacial score (nSPS) is 15.9. The fourth-order valence-corrected chi connectivity index (χ4v) is 4.02. The fraction of sp³-hybridized carbons (Fsp3) is 0.261. The van der Waals surface area contributed by atoms with Crippen molar-refractivity contribution < 1.29 is 14.2 Å². The highest BCUT2D eigenvalue weighted by atomic mass is 35.5. The van der Waals surface area contributed by atoms with Crippen LogP contribution in [0.4, 0.5) is 0 Å². The molecule has 0 bridgehead atoms. The molecule has 1 unspecified atom stereocenters. The van der Waals surface area contributed by atoms with E-state index in [0.717, 1.165) is 35.2 Å². The zero-order valence-electron chi connectivity index (χ0n) is 17.3. The molecule has 4 heterocycles. The first kappa shape index (κ1) is 21.0. The molecule has 4 aromatic rings. The Morgan fingerprint density at radius 1 is 1.16 bits per heavy atom. The number of rotatable bonds is 6. The van der Waals surface area contributed by atoms with Crippen LogP contribution in [0, 0.1) is 6.92 Å². The molecule has 9 heteroatoms. The van der Waals surface area contributed by atoms with E-state index in [1.165, 1.54) is 0 Å². The van der Waals surface area contributed by atoms with E-state index in [1.54, 1.807) is 12.4 Å². The Morgan fingerprint density at radius 3 is 2.84 bits per heavy atom. The molecule has 1 aromatic carbocycles. The van der Waals surface area contributed by atoms with Crippen molar-refractivity contribution >= 4 is 34.1 Å². The topological polar surface area (TPSA) is 82.2 Å². The van der Waals surface area contributed by atoms with Crippen LogP contribution in [0.15, 0.2) is 42.7 Å². The molecular weight excluding hydrogens is 451 g/mol. The minimum Gasteiger partial charge on any atom is -0.489 e. The number of fused-ring (bicyclic) bond motifs is 1. The predicted molar refractivity (Wildman–Crippen MR) is 123 cm³/mol. The minimum atomic E-state index is 0.0606. The molecule has 1 N–H and O–H groups in total. The lowest BCUT2D eigenvalue weighted by molar-refractivity contribution is 0.138. The van der Waals surface area contributed by atoms with Gasteiger partial charge in [-0.15, -0.1) is 0 Å². The lowest BCUT2D eigenvalue weighted by Crippen LogP contribution is -2.16. The van der Waals surface area contributed by atoms with Gasteiger partial charge in [0.25, 0.3) is 0 Å². The molecule has 0 aliphatic carbocycles. The number of ether oxygens (including phenoxy) is 3. The Bertz CT molecular complexity index is 1250. The van der Waals surface area contributed by atoms with Gasteiger partial charge in [-0.2, -0.15) is 5.10 Å². The molecule has 1 atom stereocenters. The summed E-state index contributed by atoms with van der Waals surface area (Å²) in [7, 11) is 0. The summed E-state index contributed by atoms with van der Waals surface area (Å²) in [6.45, 7) is 3.40. The molecule has 1 fully saturated rings. The van der Waals surface area contributed by atoms with Crippen LogP contribution in [0.25, 0.3) is 22.2 Å². The van der Waals surface area contributed by atoms with Gasteiger partial charge in [0.1, 0.15) is 24.2 Å². The average Bonchev–Trinajstić information content (AvgIpc) is 3.47. The molecule has 1 saturated heterocycles. The van der Waals surface area contributed by atoms with E-state index >= 15 is 0 Å². The van der Waals surface area contributed by atoms with Gasteiger partial charge in [0, 0.05) is 41.4 Å². The molecular formula is C23H20Cl2N4O3. The molecule has 3 aromatic heterocycles. The Kier molecular flexibility index (Phi) is 5.87. The number of nitrogens with one attached hydrogen (secondary N) is 1. The van der Waals surface area contributed by atoms with E-state index in [-0.39, 0.29) is 12.7 Å². The van der Waals surface area contributed by atoms with E-state index in [4.69, 9.17) is 37.4 Å². The van der Waals surface area contributed by atoms with Gasteiger partial charge in [-0.3, -0.25) is 10.1 Å². The third-order valence-electron chi connectivity index (χ3n) is 5.35. The molecule has 0 radical (unpaired) electrons. The molecule has 164 valence electrons. The number of aromatic amines is 1. The predicted octanol–water partition coefficient (Wildman–Crippen LogP) is 5.38. The summed E-state index contributed by atoms with van der Waals surface area (Å²) in [5.41, 5.74) is 3.97. The van der Waals surface area contributed by atoms with E-state index in [0.29, 0.717) is 39.5 Å². The molecule has 5 rings (SSSR count). The second kappa shape index (κ2) is 8.94. The SMILES string of the molecule is Cc1ncc(Cl)c(COc2ccc3[nH]nc(-c4ccc(OC5CCOC5)nc4)c3c2)c1Cl. The fourth-order valence-electron chi connectivity index (χ4n) is 3.57. The van der Waals surface area contributed by atoms with Crippen LogP contribution in [0.5, 0.6) is 11.6 Å². The standard InChI is InChI=1S/C23H20Cl2N4O3/c1-13-22(25)18(19(24)10-26-13)12-31-15-3-4-20-17(8-15)23(29-28-20)14-2-5-21(27-9-14)32-16-6-7-30-11-16/h2-5,8-10,16H,6-7,11-12H2,1H3,(H,28,29). The van der Waals surface area contributed by atoms with E-state index in [9.17, 15) is 0 Å². The highest BCUT2D eigenvalue weighted by Gasteiger charge is 2.18. The van der Waals surface area contributed by atoms with Crippen molar-refractivity contribution in [2.45, 2.75) is 26.1 Å². The molecule has 1 aliphatic heterocycles. The second-order valence-corrected chi connectivity index (χ2v) is 8.33. The molecule has 0 amide bonds. The van der Waals surface area contributed by atoms with E-state index in [1.807, 2.05) is 37.3 Å². The van der Waals surface area contributed by atoms with Crippen molar-refractivity contribution in [3.63, 3.8) is 0 Å². The lowest BCUT2D eigenvalue weighted by atomic mass is 10.1. The third kappa shape index (κ3) is 4.24. The average molecular weight is 471 g/mol. The van der Waals surface area contributed by atoms with Crippen molar-refractivity contribution in [2.75, 3.05) is 13.2 Å². The monoisotopic (exact) mass is 470 g/mol. The Hall–Kier alpha value is -2.87. The summed E-state index contributed by atoms with van der Waals surface area (Å²) >= 11 is 12.6. The largest absolute Gasteiger partial charge is 0.489 e. The number of H-pyrrole nitrogens is 1. The Labute approximate surface area is 194 Å². The summed E-state index contributed by atoms with van der Waals surface area (Å²) in [5, 5.41) is 9.43. The van der Waals surface area contributed by atoms with Crippen molar-refractivity contribution in [3.05, 3.63) is 64.0 Å². The van der Waals surface area contributed by atoms with Gasteiger partial charge < -0.3 is 14.2 Å². The van der Waals surface area contributed by atoms with Crippen LogP contribution in [0.2, 0.25) is 10.0 Å². The molecule has 0 spiro atoms. The van der Waals surface area contributed by atoms with Crippen molar-refractivity contribution in [1.29, 1.82) is 0 Å². The molecule has 1 aliphatic rings. The number of halogens is 2. The number of aryl methyl sites for hydroxylation is 1. The Balaban J connectivity index is 1.36. The van der Waals surface area contributed by atoms with Crippen LogP contribution in [-0.2, 0) is 11.3 Å². The van der Waals surface area contributed by atoms with E-state index < -0.39 is 0 Å². The van der Waals surface area contributed by atoms with Crippen LogP contribution in [-0.4, -0.2) is 39.5 Å². The number of benzene rings is 1. The summed E-state index contributed by atoms with van der Waals surface area (Å²) in [6.07, 6.45) is 4.28.